The van der Waals surface area contributed by atoms with Crippen LogP contribution in [-0.4, -0.2) is 24.5 Å². The van der Waals surface area contributed by atoms with Crippen LogP contribution in [0.4, 0.5) is 0 Å². The zero-order valence-corrected chi connectivity index (χ0v) is 12.7. The second kappa shape index (κ2) is 9.60. The van der Waals surface area contributed by atoms with Gasteiger partial charge < -0.3 is 9.64 Å². The van der Waals surface area contributed by atoms with E-state index in [0.29, 0.717) is 13.2 Å². The zero-order valence-electron chi connectivity index (χ0n) is 12.7. The second-order valence-electron chi connectivity index (χ2n) is 4.90. The van der Waals surface area contributed by atoms with Crippen LogP contribution in [0, 0.1) is 11.3 Å². The Morgan fingerprint density at radius 1 is 1.33 bits per heavy atom. The maximum absolute atomic E-state index is 11.8. The van der Waals surface area contributed by atoms with E-state index in [0.717, 1.165) is 24.8 Å². The van der Waals surface area contributed by atoms with Gasteiger partial charge in [0, 0.05) is 19.8 Å². The average Bonchev–Trinajstić information content (AvgIpc) is 2.50. The summed E-state index contributed by atoms with van der Waals surface area (Å²) in [4.78, 5) is 13.6. The number of carbonyl (C=O) groups is 1. The number of ether oxygens (including phenoxy) is 1. The van der Waals surface area contributed by atoms with Crippen molar-refractivity contribution >= 4 is 5.97 Å². The summed E-state index contributed by atoms with van der Waals surface area (Å²) >= 11 is 0. The lowest BCUT2D eigenvalue weighted by Gasteiger charge is -2.14. The maximum atomic E-state index is 11.8. The van der Waals surface area contributed by atoms with E-state index >= 15 is 0 Å². The molecule has 0 N–H and O–H groups in total. The molecule has 0 aliphatic heterocycles. The number of hydrogen-bond acceptors (Lipinski definition) is 4. The highest BCUT2D eigenvalue weighted by Gasteiger charge is 2.11. The molecule has 21 heavy (non-hydrogen) atoms. The molecule has 0 atom stereocenters. The summed E-state index contributed by atoms with van der Waals surface area (Å²) in [7, 11) is 1.83. The Morgan fingerprint density at radius 3 is 2.67 bits per heavy atom. The fourth-order valence-electron chi connectivity index (χ4n) is 1.86. The summed E-state index contributed by atoms with van der Waals surface area (Å²) in [5.41, 5.74) is 1.15. The fourth-order valence-corrected chi connectivity index (χ4v) is 1.86. The first kappa shape index (κ1) is 16.8. The van der Waals surface area contributed by atoms with E-state index in [4.69, 9.17) is 10.00 Å². The van der Waals surface area contributed by atoms with Crippen molar-refractivity contribution in [3.05, 3.63) is 47.7 Å². The highest BCUT2D eigenvalue weighted by atomic mass is 16.5. The van der Waals surface area contributed by atoms with Gasteiger partial charge in [0.05, 0.1) is 6.61 Å². The SMILES string of the molecule is CCCCCOC(=O)C(C#N)=CN(C)Cc1ccccc1. The van der Waals surface area contributed by atoms with E-state index in [-0.39, 0.29) is 5.57 Å². The van der Waals surface area contributed by atoms with Gasteiger partial charge in [-0.2, -0.15) is 5.26 Å². The average molecular weight is 286 g/mol. The lowest BCUT2D eigenvalue weighted by molar-refractivity contribution is -0.138. The molecule has 1 rings (SSSR count). The summed E-state index contributed by atoms with van der Waals surface area (Å²) < 4.78 is 5.09. The van der Waals surface area contributed by atoms with Crippen LogP contribution in [0.25, 0.3) is 0 Å². The number of rotatable bonds is 8. The van der Waals surface area contributed by atoms with E-state index in [1.54, 1.807) is 4.90 Å². The number of carbonyl (C=O) groups excluding carboxylic acids is 1. The molecule has 0 spiro atoms. The first-order chi connectivity index (χ1) is 10.2. The molecule has 0 unspecified atom stereocenters. The van der Waals surface area contributed by atoms with Gasteiger partial charge in [0.2, 0.25) is 0 Å². The molecular formula is C17H22N2O2. The van der Waals surface area contributed by atoms with Crippen LogP contribution in [0.5, 0.6) is 0 Å². The Morgan fingerprint density at radius 2 is 2.05 bits per heavy atom. The van der Waals surface area contributed by atoms with E-state index in [1.807, 2.05) is 43.4 Å². The third kappa shape index (κ3) is 6.62. The molecule has 0 amide bonds. The third-order valence-corrected chi connectivity index (χ3v) is 2.95. The van der Waals surface area contributed by atoms with Crippen LogP contribution in [-0.2, 0) is 16.1 Å². The first-order valence-electron chi connectivity index (χ1n) is 7.20. The largest absolute Gasteiger partial charge is 0.462 e. The molecular weight excluding hydrogens is 264 g/mol. The summed E-state index contributed by atoms with van der Waals surface area (Å²) in [6, 6.07) is 11.8. The van der Waals surface area contributed by atoms with Crippen molar-refractivity contribution in [2.45, 2.75) is 32.7 Å². The van der Waals surface area contributed by atoms with Gasteiger partial charge >= 0.3 is 5.97 Å². The van der Waals surface area contributed by atoms with Crippen molar-refractivity contribution < 1.29 is 9.53 Å². The van der Waals surface area contributed by atoms with E-state index in [2.05, 4.69) is 6.92 Å². The normalized spacial score (nSPS) is 10.8. The summed E-state index contributed by atoms with van der Waals surface area (Å²) in [5.74, 6) is -0.548. The maximum Gasteiger partial charge on any atom is 0.350 e. The molecule has 0 saturated carbocycles. The number of benzene rings is 1. The molecule has 0 saturated heterocycles. The van der Waals surface area contributed by atoms with Crippen LogP contribution in [0.3, 0.4) is 0 Å². The van der Waals surface area contributed by atoms with Gasteiger partial charge in [-0.1, -0.05) is 50.1 Å². The molecule has 0 bridgehead atoms. The molecule has 4 nitrogen and oxygen atoms in total. The van der Waals surface area contributed by atoms with Crippen LogP contribution >= 0.6 is 0 Å². The van der Waals surface area contributed by atoms with Gasteiger partial charge in [-0.05, 0) is 12.0 Å². The summed E-state index contributed by atoms with van der Waals surface area (Å²) in [6.45, 7) is 3.09. The molecule has 0 aromatic heterocycles. The van der Waals surface area contributed by atoms with Gasteiger partial charge in [-0.3, -0.25) is 0 Å². The standard InChI is InChI=1S/C17H22N2O2/c1-3-4-8-11-21-17(20)16(12-18)14-19(2)13-15-9-6-5-7-10-15/h5-7,9-10,14H,3-4,8,11,13H2,1-2H3. The van der Waals surface area contributed by atoms with Crippen molar-refractivity contribution in [3.63, 3.8) is 0 Å². The highest BCUT2D eigenvalue weighted by Crippen LogP contribution is 2.06. The zero-order chi connectivity index (χ0) is 15.5. The quantitative estimate of drug-likeness (QED) is 0.318. The third-order valence-electron chi connectivity index (χ3n) is 2.95. The molecule has 1 aromatic carbocycles. The van der Waals surface area contributed by atoms with Gasteiger partial charge in [0.15, 0.2) is 5.57 Å². The van der Waals surface area contributed by atoms with Crippen molar-refractivity contribution in [3.8, 4) is 6.07 Å². The molecule has 112 valence electrons. The van der Waals surface area contributed by atoms with Gasteiger partial charge in [-0.25, -0.2) is 4.79 Å². The topological polar surface area (TPSA) is 53.3 Å². The number of hydrogen-bond donors (Lipinski definition) is 0. The summed E-state index contributed by atoms with van der Waals surface area (Å²) in [5, 5.41) is 9.07. The Bertz CT molecular complexity index is 503. The van der Waals surface area contributed by atoms with E-state index < -0.39 is 5.97 Å². The van der Waals surface area contributed by atoms with Crippen LogP contribution < -0.4 is 0 Å². The predicted molar refractivity (Wildman–Crippen MR) is 82.1 cm³/mol. The molecule has 4 heteroatoms. The van der Waals surface area contributed by atoms with Crippen molar-refractivity contribution in [2.24, 2.45) is 0 Å². The minimum Gasteiger partial charge on any atom is -0.462 e. The number of esters is 1. The minimum absolute atomic E-state index is 0.0323. The predicted octanol–water partition coefficient (Wildman–Crippen LogP) is 3.26. The second-order valence-corrected chi connectivity index (χ2v) is 4.90. The smallest absolute Gasteiger partial charge is 0.350 e. The number of unbranched alkanes of at least 4 members (excludes halogenated alkanes) is 2. The Labute approximate surface area is 126 Å². The lowest BCUT2D eigenvalue weighted by Crippen LogP contribution is -2.15. The van der Waals surface area contributed by atoms with Crippen LogP contribution in [0.2, 0.25) is 0 Å². The van der Waals surface area contributed by atoms with Crippen LogP contribution in [0.1, 0.15) is 31.7 Å². The highest BCUT2D eigenvalue weighted by molar-refractivity contribution is 5.92. The van der Waals surface area contributed by atoms with E-state index in [9.17, 15) is 4.79 Å². The van der Waals surface area contributed by atoms with Gasteiger partial charge in [0.1, 0.15) is 6.07 Å². The van der Waals surface area contributed by atoms with Gasteiger partial charge in [0.25, 0.3) is 0 Å². The molecule has 0 radical (unpaired) electrons. The van der Waals surface area contributed by atoms with Crippen molar-refractivity contribution in [2.75, 3.05) is 13.7 Å². The lowest BCUT2D eigenvalue weighted by atomic mass is 10.2. The monoisotopic (exact) mass is 286 g/mol. The fraction of sp³-hybridized carbons (Fsp3) is 0.412. The molecule has 0 aliphatic rings. The molecule has 0 fully saturated rings. The Balaban J connectivity index is 2.53. The molecule has 0 aliphatic carbocycles. The minimum atomic E-state index is -0.548. The first-order valence-corrected chi connectivity index (χ1v) is 7.20. The summed E-state index contributed by atoms with van der Waals surface area (Å²) in [6.07, 6.45) is 4.46. The number of nitrogens with zero attached hydrogens (tertiary/aromatic N) is 2. The number of nitriles is 1. The van der Waals surface area contributed by atoms with E-state index in [1.165, 1.54) is 6.20 Å². The van der Waals surface area contributed by atoms with Crippen molar-refractivity contribution in [1.82, 2.24) is 4.90 Å². The van der Waals surface area contributed by atoms with Gasteiger partial charge in [-0.15, -0.1) is 0 Å². The molecule has 1 aromatic rings. The Kier molecular flexibility index (Phi) is 7.67. The molecule has 0 heterocycles. The van der Waals surface area contributed by atoms with Crippen LogP contribution in [0.15, 0.2) is 42.1 Å². The van der Waals surface area contributed by atoms with Crippen molar-refractivity contribution in [1.29, 1.82) is 5.26 Å². The Hall–Kier alpha value is -2.28.